The number of esters is 1. The van der Waals surface area contributed by atoms with Crippen molar-refractivity contribution in [2.75, 3.05) is 26.0 Å². The van der Waals surface area contributed by atoms with E-state index in [1.54, 1.807) is 84.2 Å². The lowest BCUT2D eigenvalue weighted by molar-refractivity contribution is -0.293. The zero-order valence-electron chi connectivity index (χ0n) is 42.2. The van der Waals surface area contributed by atoms with Gasteiger partial charge in [-0.25, -0.2) is 19.2 Å². The quantitative estimate of drug-likeness (QED) is 0.0696. The van der Waals surface area contributed by atoms with E-state index >= 15 is 4.39 Å². The molecule has 0 bridgehead atoms. The number of Topliss-reactive ketones (excluding diaryl/α,β-unsaturated/α-hetero) is 1. The highest BCUT2D eigenvalue weighted by atomic mass is 32.1. The van der Waals surface area contributed by atoms with Gasteiger partial charge in [0.1, 0.15) is 28.6 Å². The van der Waals surface area contributed by atoms with Gasteiger partial charge in [0.05, 0.1) is 48.0 Å². The summed E-state index contributed by atoms with van der Waals surface area (Å²) in [4.78, 5) is 74.3. The second kappa shape index (κ2) is 24.3. The van der Waals surface area contributed by atoms with Crippen LogP contribution in [0.15, 0.2) is 33.9 Å². The van der Waals surface area contributed by atoms with Gasteiger partial charge in [-0.1, -0.05) is 46.7 Å². The van der Waals surface area contributed by atoms with Crippen LogP contribution < -0.4 is 11.1 Å². The van der Waals surface area contributed by atoms with E-state index in [0.717, 1.165) is 6.92 Å². The van der Waals surface area contributed by atoms with Crippen LogP contribution in [-0.2, 0) is 49.6 Å². The fraction of sp³-hybridized carbons (Fsp3) is 0.708. The lowest BCUT2D eigenvalue weighted by atomic mass is 9.73. The van der Waals surface area contributed by atoms with E-state index in [0.29, 0.717) is 40.6 Å². The number of nitrogens with zero attached hydrogens (tertiary/aromatic N) is 5. The molecular formula is C48H74FN7O12S. The summed E-state index contributed by atoms with van der Waals surface area (Å²) in [6.45, 7) is 16.4. The van der Waals surface area contributed by atoms with Crippen molar-refractivity contribution >= 4 is 52.1 Å². The third kappa shape index (κ3) is 14.2. The topological polar surface area (TPSA) is 267 Å². The molecule has 2 amide bonds. The lowest BCUT2D eigenvalue weighted by Crippen LogP contribution is -2.61. The number of carbonyl (C=O) groups excluding carboxylic acids is 4. The maximum absolute atomic E-state index is 16.9. The van der Waals surface area contributed by atoms with Crippen molar-refractivity contribution in [2.24, 2.45) is 33.6 Å². The summed E-state index contributed by atoms with van der Waals surface area (Å²) in [7, 11) is 3.57. The molecule has 0 radical (unpaired) electrons. The molecule has 2 aliphatic rings. The second-order valence-electron chi connectivity index (χ2n) is 19.2. The van der Waals surface area contributed by atoms with Gasteiger partial charge in [0.25, 0.3) is 5.67 Å². The maximum atomic E-state index is 16.9. The number of aliphatic imine (C=N–C) groups is 1. The van der Waals surface area contributed by atoms with E-state index in [4.69, 9.17) is 29.5 Å². The Morgan fingerprint density at radius 2 is 1.75 bits per heavy atom. The third-order valence-corrected chi connectivity index (χ3v) is 13.8. The zero-order valence-corrected chi connectivity index (χ0v) is 43.0. The molecule has 2 aromatic heterocycles. The molecule has 2 saturated heterocycles. The first-order valence-corrected chi connectivity index (χ1v) is 24.5. The van der Waals surface area contributed by atoms with Crippen LogP contribution in [0.2, 0.25) is 0 Å². The van der Waals surface area contributed by atoms with Gasteiger partial charge in [0.15, 0.2) is 18.7 Å². The van der Waals surface area contributed by atoms with Crippen LogP contribution >= 0.6 is 11.3 Å². The Labute approximate surface area is 408 Å². The normalized spacial score (nSPS) is 34.2. The molecule has 14 atom stereocenters. The molecule has 19 nitrogen and oxygen atoms in total. The van der Waals surface area contributed by atoms with Crippen molar-refractivity contribution in [3.05, 3.63) is 29.4 Å². The van der Waals surface area contributed by atoms with E-state index < -0.39 is 101 Å². The zero-order chi connectivity index (χ0) is 51.8. The second-order valence-corrected chi connectivity index (χ2v) is 20.1. The number of thiazole rings is 1. The summed E-state index contributed by atoms with van der Waals surface area (Å²) in [5, 5.41) is 45.7. The Morgan fingerprint density at radius 1 is 1.07 bits per heavy atom. The van der Waals surface area contributed by atoms with E-state index in [2.05, 4.69) is 25.4 Å². The number of carbonyl (C=O) groups is 4. The fourth-order valence-electron chi connectivity index (χ4n) is 8.91. The summed E-state index contributed by atoms with van der Waals surface area (Å²) in [6, 6.07) is 2.42. The minimum atomic E-state index is -3.30. The Hall–Kier alpha value is -4.19. The number of alkyl halides is 1. The third-order valence-electron chi connectivity index (χ3n) is 12.9. The molecule has 2 aromatic rings. The van der Waals surface area contributed by atoms with Crippen molar-refractivity contribution in [1.29, 1.82) is 0 Å². The number of hydrogen-bond acceptors (Lipinski definition) is 18. The maximum Gasteiger partial charge on any atom is 0.351 e. The Kier molecular flexibility index (Phi) is 20.2. The van der Waals surface area contributed by atoms with Crippen LogP contribution in [0.4, 0.5) is 10.2 Å². The number of rotatable bonds is 15. The molecule has 2 aliphatic heterocycles. The average molecular weight is 992 g/mol. The number of anilines is 1. The molecule has 69 heavy (non-hydrogen) atoms. The van der Waals surface area contributed by atoms with Crippen molar-refractivity contribution in [3.63, 3.8) is 0 Å². The first-order chi connectivity index (χ1) is 32.2. The van der Waals surface area contributed by atoms with Gasteiger partial charge < -0.3 is 55.1 Å². The number of aliphatic hydroxyl groups excluding tert-OH is 1. The minimum absolute atomic E-state index is 0.0205. The number of oxime groups is 1. The molecule has 0 aliphatic carbocycles. The molecule has 0 aromatic carbocycles. The number of nitrogens with one attached hydrogen (secondary N) is 1. The van der Waals surface area contributed by atoms with Crippen LogP contribution in [0.25, 0.3) is 10.6 Å². The smallest absolute Gasteiger partial charge is 0.351 e. The highest BCUT2D eigenvalue weighted by molar-refractivity contribution is 7.13. The Bertz CT molecular complexity index is 2130. The number of ether oxygens (including phenoxy) is 4. The number of pyridine rings is 1. The van der Waals surface area contributed by atoms with Crippen molar-refractivity contribution in [3.8, 4) is 10.6 Å². The largest absolute Gasteiger partial charge is 0.457 e. The number of amides is 2. The SMILES string of the molecule is CCC(=O)N=C1[C@H](C)C[C@@](C)(O)[C@H](O[C@@H]2O[C@H](C)C[C@H](N(C)C)[C@H]2O)[C@@H](C)C(=O)[C@](C)(F)C(=O)O[C@H](CC)[C@@](C)(O)[C@H](OC/C(CC)=N\OCc2ccc(-c3nc(NC(=O)[C@H](C)N)cs3)cn2)[C@H]1C. The number of aromatic nitrogens is 2. The minimum Gasteiger partial charge on any atom is -0.457 e. The molecular weight excluding hydrogens is 918 g/mol. The van der Waals surface area contributed by atoms with Gasteiger partial charge >= 0.3 is 5.97 Å². The van der Waals surface area contributed by atoms with Gasteiger partial charge in [0.2, 0.25) is 11.8 Å². The molecule has 4 heterocycles. The molecule has 2 fully saturated rings. The number of likely N-dealkylation sites (N-methyl/N-ethyl adjacent to an activating group) is 1. The molecule has 0 saturated carbocycles. The predicted octanol–water partition coefficient (Wildman–Crippen LogP) is 4.78. The van der Waals surface area contributed by atoms with Crippen molar-refractivity contribution < 1.29 is 62.7 Å². The number of hydrogen-bond donors (Lipinski definition) is 5. The predicted molar refractivity (Wildman–Crippen MR) is 258 cm³/mol. The van der Waals surface area contributed by atoms with Crippen LogP contribution in [-0.4, -0.2) is 152 Å². The first-order valence-electron chi connectivity index (χ1n) is 23.6. The molecule has 4 rings (SSSR count). The van der Waals surface area contributed by atoms with Gasteiger partial charge in [0, 0.05) is 47.2 Å². The fourth-order valence-corrected chi connectivity index (χ4v) is 9.66. The standard InChI is InChI=1S/C48H74FN7O12S/c1-14-31(55-65-23-32-18-17-30(21-51-32)43-53-35(24-69-43)52-42(60)29(8)50)22-64-41-27(6)37(54-36(57)16-3)25(4)20-46(9,62)40(68-44-38(58)33(56(12)13)19-26(5)66-44)28(7)39(59)47(10,49)45(61)67-34(15-2)48(41,11)63/h17-18,21,24-29,33-34,38,40-41,44,58,62-63H,14-16,19-20,22-23,50H2,1-13H3,(H,52,60)/b54-37?,55-31-/t25-,26-,27+,28+,29+,33+,34-,38-,40-,41-,44+,46-,47+,48-/m1/s1. The summed E-state index contributed by atoms with van der Waals surface area (Å²) >= 11 is 1.33. The highest BCUT2D eigenvalue weighted by Crippen LogP contribution is 2.39. The monoisotopic (exact) mass is 992 g/mol. The van der Waals surface area contributed by atoms with Gasteiger partial charge in [-0.3, -0.25) is 19.4 Å². The number of ketones is 1. The number of nitrogens with two attached hydrogens (primary N) is 1. The van der Waals surface area contributed by atoms with Crippen LogP contribution in [0, 0.1) is 17.8 Å². The number of aliphatic hydroxyl groups is 3. The van der Waals surface area contributed by atoms with Crippen LogP contribution in [0.1, 0.15) is 114 Å². The Morgan fingerprint density at radius 3 is 2.33 bits per heavy atom. The molecule has 386 valence electrons. The summed E-state index contributed by atoms with van der Waals surface area (Å²) in [5.41, 5.74) is 0.0679. The summed E-state index contributed by atoms with van der Waals surface area (Å²) in [6.07, 6.45) is -5.26. The van der Waals surface area contributed by atoms with E-state index in [1.807, 2.05) is 6.92 Å². The molecule has 0 unspecified atom stereocenters. The summed E-state index contributed by atoms with van der Waals surface area (Å²) < 4.78 is 41.5. The van der Waals surface area contributed by atoms with Crippen molar-refractivity contribution in [2.45, 2.75) is 181 Å². The van der Waals surface area contributed by atoms with E-state index in [1.165, 1.54) is 32.1 Å². The average Bonchev–Trinajstić information content (AvgIpc) is 3.76. The van der Waals surface area contributed by atoms with E-state index in [9.17, 15) is 34.5 Å². The number of halogens is 1. The lowest BCUT2D eigenvalue weighted by Gasteiger charge is -2.46. The first kappa shape index (κ1) is 57.4. The molecule has 6 N–H and O–H groups in total. The summed E-state index contributed by atoms with van der Waals surface area (Å²) in [5.74, 6) is -6.58. The van der Waals surface area contributed by atoms with Gasteiger partial charge in [-0.05, 0) is 92.4 Å². The number of cyclic esters (lactones) is 1. The van der Waals surface area contributed by atoms with Crippen LogP contribution in [0.3, 0.4) is 0 Å². The van der Waals surface area contributed by atoms with Gasteiger partial charge in [-0.15, -0.1) is 11.3 Å². The molecule has 0 spiro atoms. The highest BCUT2D eigenvalue weighted by Gasteiger charge is 2.56. The van der Waals surface area contributed by atoms with E-state index in [-0.39, 0.29) is 44.1 Å². The Balaban J connectivity index is 1.68. The van der Waals surface area contributed by atoms with Crippen LogP contribution in [0.5, 0.6) is 0 Å². The molecule has 21 heteroatoms. The van der Waals surface area contributed by atoms with Gasteiger partial charge in [-0.2, -0.15) is 0 Å². The van der Waals surface area contributed by atoms with Crippen molar-refractivity contribution in [1.82, 2.24) is 14.9 Å².